The van der Waals surface area contributed by atoms with Crippen LogP contribution in [-0.4, -0.2) is 23.8 Å². The van der Waals surface area contributed by atoms with E-state index in [4.69, 9.17) is 0 Å². The van der Waals surface area contributed by atoms with Gasteiger partial charge in [0, 0.05) is 17.3 Å². The minimum absolute atomic E-state index is 0.0655. The molecule has 2 N–H and O–H groups in total. The first-order chi connectivity index (χ1) is 15.4. The number of hydrogen-bond acceptors (Lipinski definition) is 4. The van der Waals surface area contributed by atoms with E-state index in [1.54, 1.807) is 0 Å². The van der Waals surface area contributed by atoms with Gasteiger partial charge in [0.1, 0.15) is 5.54 Å². The molecule has 0 radical (unpaired) electrons. The highest BCUT2D eigenvalue weighted by Gasteiger charge is 2.70. The van der Waals surface area contributed by atoms with E-state index in [0.29, 0.717) is 11.4 Å². The fourth-order valence-corrected chi connectivity index (χ4v) is 5.83. The highest BCUT2D eigenvalue weighted by molar-refractivity contribution is 6.26. The summed E-state index contributed by atoms with van der Waals surface area (Å²) in [6.07, 6.45) is 0. The summed E-state index contributed by atoms with van der Waals surface area (Å²) in [6.45, 7) is 4.03. The molecule has 3 amide bonds. The molecule has 0 aromatic heterocycles. The summed E-state index contributed by atoms with van der Waals surface area (Å²) in [5.41, 5.74) is 0.744. The Bertz CT molecular complexity index is 1320. The normalized spacial score (nSPS) is 28.7. The van der Waals surface area contributed by atoms with E-state index in [0.717, 1.165) is 16.3 Å². The molecule has 0 bridgehead atoms. The van der Waals surface area contributed by atoms with Crippen molar-refractivity contribution in [3.8, 4) is 0 Å². The first-order valence-electron chi connectivity index (χ1n) is 11.0. The summed E-state index contributed by atoms with van der Waals surface area (Å²) in [7, 11) is 0. The number of hydrogen-bond donors (Lipinski definition) is 2. The van der Waals surface area contributed by atoms with Crippen molar-refractivity contribution in [3.05, 3.63) is 72.3 Å². The van der Waals surface area contributed by atoms with Crippen LogP contribution in [0.2, 0.25) is 0 Å². The smallest absolute Gasteiger partial charge is 0.250 e. The zero-order valence-electron chi connectivity index (χ0n) is 17.8. The molecule has 0 saturated carbocycles. The van der Waals surface area contributed by atoms with Crippen molar-refractivity contribution in [2.24, 2.45) is 17.8 Å². The Kier molecular flexibility index (Phi) is 3.90. The molecule has 0 aliphatic carbocycles. The Morgan fingerprint density at radius 1 is 0.875 bits per heavy atom. The molecule has 3 aliphatic rings. The third kappa shape index (κ3) is 2.30. The maximum absolute atomic E-state index is 13.9. The second-order valence-electron chi connectivity index (χ2n) is 9.27. The minimum atomic E-state index is -1.24. The fraction of sp³-hybridized carbons (Fsp3) is 0.269. The van der Waals surface area contributed by atoms with Crippen LogP contribution in [0.15, 0.2) is 66.7 Å². The third-order valence-corrected chi connectivity index (χ3v) is 7.27. The predicted octanol–water partition coefficient (Wildman–Crippen LogP) is 3.42. The molecule has 2 saturated heterocycles. The van der Waals surface area contributed by atoms with Gasteiger partial charge >= 0.3 is 0 Å². The summed E-state index contributed by atoms with van der Waals surface area (Å²) in [4.78, 5) is 42.3. The maximum Gasteiger partial charge on any atom is 0.250 e. The van der Waals surface area contributed by atoms with Crippen molar-refractivity contribution in [1.29, 1.82) is 0 Å². The van der Waals surface area contributed by atoms with Crippen LogP contribution in [-0.2, 0) is 19.9 Å². The fourth-order valence-electron chi connectivity index (χ4n) is 5.83. The van der Waals surface area contributed by atoms with Crippen LogP contribution in [0.5, 0.6) is 0 Å². The lowest BCUT2D eigenvalue weighted by Crippen LogP contribution is -2.54. The Morgan fingerprint density at radius 3 is 2.38 bits per heavy atom. The van der Waals surface area contributed by atoms with Gasteiger partial charge in [-0.15, -0.1) is 0 Å². The van der Waals surface area contributed by atoms with Gasteiger partial charge in [-0.3, -0.25) is 19.7 Å². The second-order valence-corrected chi connectivity index (χ2v) is 9.27. The number of anilines is 2. The molecule has 3 aliphatic heterocycles. The molecule has 32 heavy (non-hydrogen) atoms. The third-order valence-electron chi connectivity index (χ3n) is 7.27. The van der Waals surface area contributed by atoms with Crippen molar-refractivity contribution >= 4 is 39.9 Å². The average Bonchev–Trinajstić information content (AvgIpc) is 3.38. The molecule has 6 heteroatoms. The number of amides is 3. The highest BCUT2D eigenvalue weighted by atomic mass is 16.2. The van der Waals surface area contributed by atoms with Gasteiger partial charge in [-0.1, -0.05) is 62.4 Å². The van der Waals surface area contributed by atoms with Gasteiger partial charge in [-0.25, -0.2) is 4.90 Å². The van der Waals surface area contributed by atoms with Crippen molar-refractivity contribution < 1.29 is 14.4 Å². The number of para-hydroxylation sites is 1. The highest BCUT2D eigenvalue weighted by Crippen LogP contribution is 2.54. The monoisotopic (exact) mass is 425 g/mol. The topological polar surface area (TPSA) is 78.5 Å². The Balaban J connectivity index is 1.52. The number of fused-ring (bicyclic) bond motifs is 5. The van der Waals surface area contributed by atoms with Crippen LogP contribution in [0.3, 0.4) is 0 Å². The first kappa shape index (κ1) is 19.2. The SMILES string of the molecule is CC(C)[C@@H]1N[C@@]2(C(=O)Nc3ccccc32)[C@@H]2C(=O)N(c3ccc4ccccc4c3)C(=O)[C@@H]21. The van der Waals surface area contributed by atoms with Crippen LogP contribution in [0.1, 0.15) is 19.4 Å². The van der Waals surface area contributed by atoms with Crippen molar-refractivity contribution in [2.75, 3.05) is 10.2 Å². The summed E-state index contributed by atoms with van der Waals surface area (Å²) < 4.78 is 0. The minimum Gasteiger partial charge on any atom is -0.324 e. The van der Waals surface area contributed by atoms with Crippen molar-refractivity contribution in [2.45, 2.75) is 25.4 Å². The van der Waals surface area contributed by atoms with Gasteiger partial charge < -0.3 is 5.32 Å². The van der Waals surface area contributed by atoms with Crippen LogP contribution >= 0.6 is 0 Å². The number of nitrogens with one attached hydrogen (secondary N) is 2. The lowest BCUT2D eigenvalue weighted by Gasteiger charge is -2.30. The van der Waals surface area contributed by atoms with E-state index in [-0.39, 0.29) is 29.7 Å². The number of imide groups is 1. The van der Waals surface area contributed by atoms with Gasteiger partial charge in [0.05, 0.1) is 17.5 Å². The maximum atomic E-state index is 13.9. The van der Waals surface area contributed by atoms with Crippen LogP contribution in [0.25, 0.3) is 10.8 Å². The number of benzene rings is 3. The molecule has 160 valence electrons. The Hall–Kier alpha value is -3.51. The van der Waals surface area contributed by atoms with Crippen LogP contribution in [0.4, 0.5) is 11.4 Å². The van der Waals surface area contributed by atoms with Gasteiger partial charge in [0.15, 0.2) is 0 Å². The molecule has 1 spiro atoms. The van der Waals surface area contributed by atoms with Gasteiger partial charge in [0.25, 0.3) is 0 Å². The molecular formula is C26H23N3O3. The quantitative estimate of drug-likeness (QED) is 0.617. The number of rotatable bonds is 2. The molecule has 6 rings (SSSR count). The van der Waals surface area contributed by atoms with Crippen molar-refractivity contribution in [3.63, 3.8) is 0 Å². The molecule has 4 atom stereocenters. The van der Waals surface area contributed by atoms with Gasteiger partial charge in [-0.2, -0.15) is 0 Å². The van der Waals surface area contributed by atoms with Crippen LogP contribution < -0.4 is 15.5 Å². The van der Waals surface area contributed by atoms with Gasteiger partial charge in [-0.05, 0) is 34.9 Å². The molecule has 2 fully saturated rings. The van der Waals surface area contributed by atoms with E-state index in [9.17, 15) is 14.4 Å². The molecule has 6 nitrogen and oxygen atoms in total. The predicted molar refractivity (Wildman–Crippen MR) is 122 cm³/mol. The van der Waals surface area contributed by atoms with E-state index in [2.05, 4.69) is 10.6 Å². The summed E-state index contributed by atoms with van der Waals surface area (Å²) in [6, 6.07) is 20.6. The van der Waals surface area contributed by atoms with E-state index in [1.807, 2.05) is 80.6 Å². The molecular weight excluding hydrogens is 402 g/mol. The number of nitrogens with zero attached hydrogens (tertiary/aromatic N) is 1. The van der Waals surface area contributed by atoms with Gasteiger partial charge in [0.2, 0.25) is 17.7 Å². The summed E-state index contributed by atoms with van der Waals surface area (Å²) >= 11 is 0. The molecule has 0 unspecified atom stereocenters. The standard InChI is InChI=1S/C26H23N3O3/c1-14(2)22-20-21(26(28-22)18-9-5-6-10-19(18)27-25(26)32)24(31)29(23(20)30)17-12-11-15-7-3-4-8-16(15)13-17/h3-14,20-22,28H,1-2H3,(H,27,32)/t20-,21-,22-,26+/m0/s1. The average molecular weight is 425 g/mol. The largest absolute Gasteiger partial charge is 0.324 e. The summed E-state index contributed by atoms with van der Waals surface area (Å²) in [5.74, 6) is -2.16. The zero-order chi connectivity index (χ0) is 22.2. The van der Waals surface area contributed by atoms with Crippen LogP contribution in [0, 0.1) is 17.8 Å². The Labute approximate surface area is 185 Å². The number of carbonyl (C=O) groups excluding carboxylic acids is 3. The van der Waals surface area contributed by atoms with E-state index >= 15 is 0 Å². The second kappa shape index (κ2) is 6.50. The first-order valence-corrected chi connectivity index (χ1v) is 11.0. The Morgan fingerprint density at radius 2 is 1.59 bits per heavy atom. The lowest BCUT2D eigenvalue weighted by molar-refractivity contribution is -0.130. The lowest BCUT2D eigenvalue weighted by atomic mass is 9.76. The molecule has 3 aromatic rings. The zero-order valence-corrected chi connectivity index (χ0v) is 17.8. The number of carbonyl (C=O) groups is 3. The summed E-state index contributed by atoms with van der Waals surface area (Å²) in [5, 5.41) is 8.39. The van der Waals surface area contributed by atoms with E-state index in [1.165, 1.54) is 4.90 Å². The molecule has 3 heterocycles. The van der Waals surface area contributed by atoms with E-state index < -0.39 is 17.4 Å². The van der Waals surface area contributed by atoms with Crippen molar-refractivity contribution in [1.82, 2.24) is 5.32 Å². The molecule has 3 aromatic carbocycles.